The maximum Gasteiger partial charge on any atom is 0.224 e. The van der Waals surface area contributed by atoms with Gasteiger partial charge in [0.1, 0.15) is 0 Å². The second-order valence-corrected chi connectivity index (χ2v) is 7.75. The van der Waals surface area contributed by atoms with Gasteiger partial charge in [0.2, 0.25) is 5.91 Å². The molecule has 2 heterocycles. The van der Waals surface area contributed by atoms with Crippen LogP contribution < -0.4 is 5.32 Å². The van der Waals surface area contributed by atoms with E-state index in [1.54, 1.807) is 29.5 Å². The molecule has 128 valence electrons. The summed E-state index contributed by atoms with van der Waals surface area (Å²) in [6.07, 6.45) is 2.66. The Morgan fingerprint density at radius 2 is 1.88 bits per heavy atom. The number of hydrogen-bond donors (Lipinski definition) is 1. The van der Waals surface area contributed by atoms with E-state index >= 15 is 0 Å². The van der Waals surface area contributed by atoms with Gasteiger partial charge in [-0.15, -0.1) is 11.3 Å². The Morgan fingerprint density at radius 1 is 1.17 bits per heavy atom. The van der Waals surface area contributed by atoms with Gasteiger partial charge in [-0.05, 0) is 55.1 Å². The highest BCUT2D eigenvalue weighted by Crippen LogP contribution is 2.28. The number of carbonyl (C=O) groups excluding carboxylic acids is 1. The molecule has 1 amide bonds. The smallest absolute Gasteiger partial charge is 0.224 e. The lowest BCUT2D eigenvalue weighted by molar-refractivity contribution is -0.120. The van der Waals surface area contributed by atoms with Crippen LogP contribution in [-0.4, -0.2) is 30.4 Å². The summed E-state index contributed by atoms with van der Waals surface area (Å²) in [7, 11) is 0. The molecule has 1 saturated heterocycles. The first-order chi connectivity index (χ1) is 11.6. The molecule has 1 atom stereocenters. The lowest BCUT2D eigenvalue weighted by atomic mass is 10.1. The van der Waals surface area contributed by atoms with E-state index in [2.05, 4.69) is 27.7 Å². The summed E-state index contributed by atoms with van der Waals surface area (Å²) in [4.78, 5) is 16.1. The van der Waals surface area contributed by atoms with Crippen LogP contribution in [0, 0.1) is 0 Å². The summed E-state index contributed by atoms with van der Waals surface area (Å²) >= 11 is 14.0. The molecule has 2 aromatic rings. The van der Waals surface area contributed by atoms with Crippen LogP contribution in [0.25, 0.3) is 0 Å². The number of halogens is 2. The van der Waals surface area contributed by atoms with Gasteiger partial charge < -0.3 is 5.32 Å². The number of amides is 1. The number of nitrogens with one attached hydrogen (secondary N) is 1. The van der Waals surface area contributed by atoms with Gasteiger partial charge in [-0.25, -0.2) is 0 Å². The first kappa shape index (κ1) is 17.7. The van der Waals surface area contributed by atoms with E-state index < -0.39 is 0 Å². The van der Waals surface area contributed by atoms with Crippen molar-refractivity contribution in [3.8, 4) is 0 Å². The van der Waals surface area contributed by atoms with E-state index in [0.717, 1.165) is 13.1 Å². The lowest BCUT2D eigenvalue weighted by Gasteiger charge is -2.27. The summed E-state index contributed by atoms with van der Waals surface area (Å²) in [6.45, 7) is 2.80. The van der Waals surface area contributed by atoms with E-state index in [0.29, 0.717) is 22.2 Å². The molecular formula is C18H20Cl2N2OS. The fourth-order valence-corrected chi connectivity index (χ4v) is 4.47. The zero-order valence-corrected chi connectivity index (χ0v) is 15.6. The minimum atomic E-state index is -0.0502. The third-order valence-electron chi connectivity index (χ3n) is 4.34. The van der Waals surface area contributed by atoms with Crippen molar-refractivity contribution in [3.63, 3.8) is 0 Å². The number of nitrogens with zero attached hydrogens (tertiary/aromatic N) is 1. The Hall–Kier alpha value is -1.07. The fraction of sp³-hybridized carbons (Fsp3) is 0.389. The Labute approximate surface area is 156 Å². The van der Waals surface area contributed by atoms with E-state index in [1.807, 2.05) is 0 Å². The van der Waals surface area contributed by atoms with Crippen LogP contribution in [0.3, 0.4) is 0 Å². The predicted octanol–water partition coefficient (Wildman–Crippen LogP) is 4.55. The number of hydrogen-bond acceptors (Lipinski definition) is 3. The normalized spacial score (nSPS) is 16.2. The van der Waals surface area contributed by atoms with Crippen LogP contribution in [0.4, 0.5) is 0 Å². The third kappa shape index (κ3) is 4.31. The average molecular weight is 383 g/mol. The Kier molecular flexibility index (Phi) is 6.17. The predicted molar refractivity (Wildman–Crippen MR) is 101 cm³/mol. The molecule has 3 nitrogen and oxygen atoms in total. The molecule has 3 rings (SSSR count). The quantitative estimate of drug-likeness (QED) is 0.794. The van der Waals surface area contributed by atoms with Crippen molar-refractivity contribution < 1.29 is 4.79 Å². The average Bonchev–Trinajstić information content (AvgIpc) is 3.25. The fourth-order valence-electron chi connectivity index (χ4n) is 3.08. The molecule has 24 heavy (non-hydrogen) atoms. The van der Waals surface area contributed by atoms with Crippen LogP contribution in [0.2, 0.25) is 10.0 Å². The maximum absolute atomic E-state index is 12.4. The highest BCUT2D eigenvalue weighted by atomic mass is 35.5. The molecule has 1 aliphatic rings. The van der Waals surface area contributed by atoms with Crippen LogP contribution in [0.5, 0.6) is 0 Å². The van der Waals surface area contributed by atoms with Crippen molar-refractivity contribution in [1.29, 1.82) is 0 Å². The summed E-state index contributed by atoms with van der Waals surface area (Å²) in [5, 5.41) is 6.22. The monoisotopic (exact) mass is 382 g/mol. The molecule has 1 N–H and O–H groups in total. The maximum atomic E-state index is 12.4. The van der Waals surface area contributed by atoms with Gasteiger partial charge >= 0.3 is 0 Å². The van der Waals surface area contributed by atoms with Gasteiger partial charge in [-0.2, -0.15) is 0 Å². The van der Waals surface area contributed by atoms with E-state index in [1.165, 1.54) is 17.7 Å². The van der Waals surface area contributed by atoms with Crippen LogP contribution in [0.15, 0.2) is 35.7 Å². The van der Waals surface area contributed by atoms with Gasteiger partial charge in [0.05, 0.1) is 12.5 Å². The van der Waals surface area contributed by atoms with Crippen molar-refractivity contribution in [2.24, 2.45) is 0 Å². The molecule has 0 saturated carbocycles. The van der Waals surface area contributed by atoms with Crippen molar-refractivity contribution in [2.45, 2.75) is 25.3 Å². The molecule has 1 fully saturated rings. The number of thiophene rings is 1. The minimum Gasteiger partial charge on any atom is -0.354 e. The SMILES string of the molecule is O=C(Cc1c(Cl)cccc1Cl)NC[C@@H](c1cccs1)N1CCCC1. The highest BCUT2D eigenvalue weighted by Gasteiger charge is 2.24. The van der Waals surface area contributed by atoms with Crippen molar-refractivity contribution >= 4 is 40.4 Å². The number of rotatable bonds is 6. The topological polar surface area (TPSA) is 32.3 Å². The Bertz CT molecular complexity index is 664. The van der Waals surface area contributed by atoms with Gasteiger partial charge in [0.15, 0.2) is 0 Å². The minimum absolute atomic E-state index is 0.0502. The number of likely N-dealkylation sites (tertiary alicyclic amines) is 1. The van der Waals surface area contributed by atoms with Crippen molar-refractivity contribution in [1.82, 2.24) is 10.2 Å². The Balaban J connectivity index is 1.63. The first-order valence-corrected chi connectivity index (χ1v) is 9.76. The summed E-state index contributed by atoms with van der Waals surface area (Å²) in [5.74, 6) is -0.0502. The lowest BCUT2D eigenvalue weighted by Crippen LogP contribution is -2.37. The van der Waals surface area contributed by atoms with E-state index in [-0.39, 0.29) is 18.4 Å². The highest BCUT2D eigenvalue weighted by molar-refractivity contribution is 7.10. The molecule has 0 unspecified atom stereocenters. The van der Waals surface area contributed by atoms with Gasteiger partial charge in [0.25, 0.3) is 0 Å². The summed E-state index contributed by atoms with van der Waals surface area (Å²) in [5.41, 5.74) is 0.687. The molecular weight excluding hydrogens is 363 g/mol. The molecule has 0 bridgehead atoms. The van der Waals surface area contributed by atoms with Gasteiger partial charge in [-0.3, -0.25) is 9.69 Å². The second-order valence-electron chi connectivity index (χ2n) is 5.96. The van der Waals surface area contributed by atoms with Crippen LogP contribution in [0.1, 0.15) is 29.3 Å². The largest absolute Gasteiger partial charge is 0.354 e. The molecule has 0 spiro atoms. The summed E-state index contributed by atoms with van der Waals surface area (Å²) < 4.78 is 0. The molecule has 1 aliphatic heterocycles. The standard InChI is InChI=1S/C18H20Cl2N2OS/c19-14-5-3-6-15(20)13(14)11-18(23)21-12-16(17-7-4-10-24-17)22-8-1-2-9-22/h3-7,10,16H,1-2,8-9,11-12H2,(H,21,23)/t16-/m0/s1. The number of carbonyl (C=O) groups is 1. The molecule has 1 aromatic carbocycles. The van der Waals surface area contributed by atoms with E-state index in [4.69, 9.17) is 23.2 Å². The molecule has 0 radical (unpaired) electrons. The Morgan fingerprint density at radius 3 is 2.50 bits per heavy atom. The number of benzene rings is 1. The zero-order chi connectivity index (χ0) is 16.9. The summed E-state index contributed by atoms with van der Waals surface area (Å²) in [6, 6.07) is 9.76. The van der Waals surface area contributed by atoms with Gasteiger partial charge in [-0.1, -0.05) is 35.3 Å². The second kappa shape index (κ2) is 8.34. The van der Waals surface area contributed by atoms with Crippen molar-refractivity contribution in [2.75, 3.05) is 19.6 Å². The molecule has 0 aliphatic carbocycles. The first-order valence-electron chi connectivity index (χ1n) is 8.12. The molecule has 1 aromatic heterocycles. The third-order valence-corrected chi connectivity index (χ3v) is 6.03. The van der Waals surface area contributed by atoms with Crippen LogP contribution in [-0.2, 0) is 11.2 Å². The molecule has 6 heteroatoms. The van der Waals surface area contributed by atoms with Crippen molar-refractivity contribution in [3.05, 3.63) is 56.2 Å². The van der Waals surface area contributed by atoms with Crippen LogP contribution >= 0.6 is 34.5 Å². The van der Waals surface area contributed by atoms with E-state index in [9.17, 15) is 4.79 Å². The van der Waals surface area contributed by atoms with Gasteiger partial charge in [0, 0.05) is 21.5 Å². The zero-order valence-electron chi connectivity index (χ0n) is 13.3.